The molecule has 28 heavy (non-hydrogen) atoms. The molecule has 2 aromatic rings. The van der Waals surface area contributed by atoms with E-state index in [0.717, 1.165) is 23.1 Å². The van der Waals surface area contributed by atoms with E-state index in [-0.39, 0.29) is 11.3 Å². The van der Waals surface area contributed by atoms with Crippen LogP contribution in [0.15, 0.2) is 47.4 Å². The topological polar surface area (TPSA) is 35.5 Å². The number of hydrogen-bond acceptors (Lipinski definition) is 4. The lowest BCUT2D eigenvalue weighted by atomic mass is 9.96. The number of Topliss-reactive ketones (excluding diaryl/α,β-unsaturated/α-hetero) is 1. The van der Waals surface area contributed by atoms with Crippen LogP contribution in [0.25, 0.3) is 0 Å². The molecule has 8 heteroatoms. The highest BCUT2D eigenvalue weighted by atomic mass is 32.2. The molecule has 0 saturated heterocycles. The molecule has 0 fully saturated rings. The molecule has 0 N–H and O–H groups in total. The Labute approximate surface area is 165 Å². The van der Waals surface area contributed by atoms with Crippen molar-refractivity contribution < 1.29 is 31.8 Å². The van der Waals surface area contributed by atoms with E-state index >= 15 is 0 Å². The molecule has 0 radical (unpaired) electrons. The van der Waals surface area contributed by atoms with Crippen LogP contribution in [-0.4, -0.2) is 32.4 Å². The van der Waals surface area contributed by atoms with Crippen molar-refractivity contribution in [3.63, 3.8) is 0 Å². The van der Waals surface area contributed by atoms with Gasteiger partial charge in [0.1, 0.15) is 11.4 Å². The van der Waals surface area contributed by atoms with E-state index in [1.54, 1.807) is 38.5 Å². The van der Waals surface area contributed by atoms with Crippen molar-refractivity contribution in [2.75, 3.05) is 21.3 Å². The van der Waals surface area contributed by atoms with E-state index in [1.807, 2.05) is 0 Å². The van der Waals surface area contributed by atoms with Gasteiger partial charge in [0.05, 0.1) is 0 Å². The van der Waals surface area contributed by atoms with Gasteiger partial charge in [-0.05, 0) is 29.8 Å². The Morgan fingerprint density at radius 1 is 0.893 bits per heavy atom. The maximum atomic E-state index is 13.1. The van der Waals surface area contributed by atoms with Crippen LogP contribution in [0.1, 0.15) is 46.0 Å². The molecule has 3 nitrogen and oxygen atoms in total. The maximum Gasteiger partial charge on any atom is 0.263 e. The maximum absolute atomic E-state index is 13.1. The summed E-state index contributed by atoms with van der Waals surface area (Å²) >= 11 is 1.25. The van der Waals surface area contributed by atoms with Crippen LogP contribution >= 0.6 is 11.8 Å². The number of benzene rings is 2. The molecule has 0 saturated carbocycles. The molecule has 0 aromatic heterocycles. The minimum absolute atomic E-state index is 0.147. The normalized spacial score (nSPS) is 16.8. The zero-order chi connectivity index (χ0) is 20.8. The summed E-state index contributed by atoms with van der Waals surface area (Å²) in [5, 5.41) is -0.708. The third-order valence-corrected chi connectivity index (χ3v) is 5.35. The Bertz CT molecular complexity index is 788. The third kappa shape index (κ3) is 4.92. The molecule has 0 bridgehead atoms. The van der Waals surface area contributed by atoms with E-state index in [0.29, 0.717) is 5.56 Å². The number of thioether (sulfide) groups is 1. The van der Waals surface area contributed by atoms with Crippen LogP contribution < -0.4 is 0 Å². The molecule has 1 aliphatic heterocycles. The standard InChI is InChI=1S/C18H14F4O2S.C2H6O/c1-24-15(16-14(23)12-4-2-3-5-13(12)25-16)9-6-10(17(19)20)8-11(7-9)18(21)22;1-3-2/h2-8,15-18H,1H3;1-2H3. The van der Waals surface area contributed by atoms with Gasteiger partial charge in [-0.25, -0.2) is 17.6 Å². The Balaban J connectivity index is 0.000000878. The smallest absolute Gasteiger partial charge is 0.263 e. The first-order valence-corrected chi connectivity index (χ1v) is 9.15. The number of ketones is 1. The first-order valence-electron chi connectivity index (χ1n) is 8.27. The minimum Gasteiger partial charge on any atom is -0.388 e. The monoisotopic (exact) mass is 416 g/mol. The molecule has 2 aromatic carbocycles. The summed E-state index contributed by atoms with van der Waals surface area (Å²) in [5.74, 6) is -0.200. The van der Waals surface area contributed by atoms with Gasteiger partial charge in [-0.2, -0.15) is 0 Å². The van der Waals surface area contributed by atoms with Gasteiger partial charge in [-0.3, -0.25) is 4.79 Å². The second kappa shape index (κ2) is 10.0. The molecule has 0 amide bonds. The summed E-state index contributed by atoms with van der Waals surface area (Å²) in [6.07, 6.45) is -6.68. The third-order valence-electron chi connectivity index (χ3n) is 4.03. The zero-order valence-electron chi connectivity index (χ0n) is 15.5. The fourth-order valence-electron chi connectivity index (χ4n) is 2.87. The Hall–Kier alpha value is -1.90. The van der Waals surface area contributed by atoms with Crippen LogP contribution in [0, 0.1) is 0 Å². The van der Waals surface area contributed by atoms with E-state index in [2.05, 4.69) is 4.74 Å². The summed E-state index contributed by atoms with van der Waals surface area (Å²) in [6.45, 7) is 0. The predicted octanol–water partition coefficient (Wildman–Crippen LogP) is 5.87. The van der Waals surface area contributed by atoms with Crippen molar-refractivity contribution in [1.82, 2.24) is 0 Å². The second-order valence-electron chi connectivity index (χ2n) is 6.00. The first-order chi connectivity index (χ1) is 13.3. The number of halogens is 4. The van der Waals surface area contributed by atoms with E-state index in [4.69, 9.17) is 4.74 Å². The molecule has 1 heterocycles. The molecule has 3 rings (SSSR count). The Kier molecular flexibility index (Phi) is 8.03. The molecule has 2 unspecified atom stereocenters. The molecule has 0 spiro atoms. The molecule has 2 atom stereocenters. The lowest BCUT2D eigenvalue weighted by Gasteiger charge is -2.22. The van der Waals surface area contributed by atoms with Crippen LogP contribution in [-0.2, 0) is 9.47 Å². The lowest BCUT2D eigenvalue weighted by molar-refractivity contribution is 0.0764. The van der Waals surface area contributed by atoms with E-state index in [1.165, 1.54) is 18.9 Å². The number of rotatable bonds is 5. The van der Waals surface area contributed by atoms with E-state index < -0.39 is 35.3 Å². The van der Waals surface area contributed by atoms with Crippen LogP contribution in [0.4, 0.5) is 17.6 Å². The molecular formula is C20H20F4O3S. The number of carbonyl (C=O) groups excluding carboxylic acids is 1. The fraction of sp³-hybridized carbons (Fsp3) is 0.350. The van der Waals surface area contributed by atoms with Gasteiger partial charge in [-0.15, -0.1) is 11.8 Å². The fourth-order valence-corrected chi connectivity index (χ4v) is 4.22. The number of carbonyl (C=O) groups is 1. The number of fused-ring (bicyclic) bond motifs is 1. The van der Waals surface area contributed by atoms with Crippen molar-refractivity contribution in [1.29, 1.82) is 0 Å². The predicted molar refractivity (Wildman–Crippen MR) is 99.5 cm³/mol. The second-order valence-corrected chi connectivity index (χ2v) is 7.18. The van der Waals surface area contributed by atoms with Crippen molar-refractivity contribution in [2.45, 2.75) is 29.1 Å². The summed E-state index contributed by atoms with van der Waals surface area (Å²) < 4.78 is 61.9. The molecule has 152 valence electrons. The van der Waals surface area contributed by atoms with Crippen LogP contribution in [0.5, 0.6) is 0 Å². The average Bonchev–Trinajstić information content (AvgIpc) is 2.99. The largest absolute Gasteiger partial charge is 0.388 e. The van der Waals surface area contributed by atoms with Gasteiger partial charge in [0.2, 0.25) is 0 Å². The molecular weight excluding hydrogens is 396 g/mol. The zero-order valence-corrected chi connectivity index (χ0v) is 16.3. The number of methoxy groups -OCH3 is 2. The molecule has 1 aliphatic rings. The minimum atomic E-state index is -2.89. The summed E-state index contributed by atoms with van der Waals surface area (Å²) in [6, 6.07) is 10.0. The highest BCUT2D eigenvalue weighted by Gasteiger charge is 2.38. The quantitative estimate of drug-likeness (QED) is 0.571. The average molecular weight is 416 g/mol. The van der Waals surface area contributed by atoms with E-state index in [9.17, 15) is 22.4 Å². The highest BCUT2D eigenvalue weighted by Crippen LogP contribution is 2.44. The highest BCUT2D eigenvalue weighted by molar-refractivity contribution is 8.01. The Morgan fingerprint density at radius 2 is 1.39 bits per heavy atom. The summed E-state index contributed by atoms with van der Waals surface area (Å²) in [4.78, 5) is 13.4. The number of ether oxygens (including phenoxy) is 2. The summed E-state index contributed by atoms with van der Waals surface area (Å²) in [5.41, 5.74) is -0.349. The molecule has 0 aliphatic carbocycles. The van der Waals surface area contributed by atoms with Gasteiger partial charge in [0, 0.05) is 42.9 Å². The van der Waals surface area contributed by atoms with Gasteiger partial charge < -0.3 is 9.47 Å². The lowest BCUT2D eigenvalue weighted by Crippen LogP contribution is -2.23. The van der Waals surface area contributed by atoms with Crippen LogP contribution in [0.3, 0.4) is 0 Å². The van der Waals surface area contributed by atoms with Crippen molar-refractivity contribution in [3.05, 3.63) is 64.7 Å². The van der Waals surface area contributed by atoms with Crippen LogP contribution in [0.2, 0.25) is 0 Å². The van der Waals surface area contributed by atoms with Crippen molar-refractivity contribution in [2.24, 2.45) is 0 Å². The van der Waals surface area contributed by atoms with Gasteiger partial charge in [-0.1, -0.05) is 18.2 Å². The van der Waals surface area contributed by atoms with Crippen molar-refractivity contribution in [3.8, 4) is 0 Å². The van der Waals surface area contributed by atoms with Gasteiger partial charge in [0.25, 0.3) is 12.9 Å². The first kappa shape index (κ1) is 22.4. The summed E-state index contributed by atoms with van der Waals surface area (Å²) in [7, 11) is 4.58. The SMILES string of the molecule is COC.COC(c1cc(C(F)F)cc(C(F)F)c1)C1Sc2ccccc2C1=O. The Morgan fingerprint density at radius 3 is 1.86 bits per heavy atom. The van der Waals surface area contributed by atoms with Crippen molar-refractivity contribution >= 4 is 17.5 Å². The van der Waals surface area contributed by atoms with Gasteiger partial charge >= 0.3 is 0 Å². The number of hydrogen-bond donors (Lipinski definition) is 0. The number of alkyl halides is 4. The van der Waals surface area contributed by atoms with Gasteiger partial charge in [0.15, 0.2) is 5.78 Å².